The monoisotopic (exact) mass is 256 g/mol. The molecule has 0 N–H and O–H groups in total. The minimum Gasteiger partial charge on any atom is -0.466 e. The van der Waals surface area contributed by atoms with Crippen LogP contribution in [-0.2, 0) is 20.7 Å². The molecule has 0 atom stereocenters. The number of ether oxygens (including phenoxy) is 2. The fourth-order valence-electron chi connectivity index (χ4n) is 1.45. The van der Waals surface area contributed by atoms with Crippen LogP contribution in [0.15, 0.2) is 5.38 Å². The zero-order chi connectivity index (χ0) is 12.8. The number of hydrogen-bond donors (Lipinski definition) is 0. The van der Waals surface area contributed by atoms with Gasteiger partial charge in [-0.3, -0.25) is 4.79 Å². The first kappa shape index (κ1) is 13.7. The van der Waals surface area contributed by atoms with Crippen molar-refractivity contribution in [2.45, 2.75) is 27.2 Å². The van der Waals surface area contributed by atoms with Crippen molar-refractivity contribution in [1.82, 2.24) is 0 Å². The summed E-state index contributed by atoms with van der Waals surface area (Å²) in [5, 5.41) is 1.85. The predicted octanol–water partition coefficient (Wildman–Crippen LogP) is 2.34. The molecule has 0 aliphatic rings. The van der Waals surface area contributed by atoms with Crippen molar-refractivity contribution in [3.63, 3.8) is 0 Å². The van der Waals surface area contributed by atoms with Crippen LogP contribution in [0.4, 0.5) is 0 Å². The third-order valence-corrected chi connectivity index (χ3v) is 3.25. The van der Waals surface area contributed by atoms with Crippen molar-refractivity contribution >= 4 is 23.3 Å². The van der Waals surface area contributed by atoms with Crippen LogP contribution in [0, 0.1) is 6.92 Å². The van der Waals surface area contributed by atoms with Crippen LogP contribution >= 0.6 is 11.3 Å². The van der Waals surface area contributed by atoms with Gasteiger partial charge in [-0.05, 0) is 31.7 Å². The quantitative estimate of drug-likeness (QED) is 0.759. The highest BCUT2D eigenvalue weighted by molar-refractivity contribution is 7.10. The summed E-state index contributed by atoms with van der Waals surface area (Å²) in [5.41, 5.74) is 1.35. The second-order valence-corrected chi connectivity index (χ2v) is 4.38. The molecule has 0 bridgehead atoms. The van der Waals surface area contributed by atoms with E-state index in [1.54, 1.807) is 13.8 Å². The second-order valence-electron chi connectivity index (χ2n) is 3.42. The molecule has 0 aliphatic heterocycles. The molecular formula is C12H16O4S. The Kier molecular flexibility index (Phi) is 5.15. The Morgan fingerprint density at radius 2 is 1.88 bits per heavy atom. The predicted molar refractivity (Wildman–Crippen MR) is 65.3 cm³/mol. The average Bonchev–Trinajstić information content (AvgIpc) is 2.60. The Hall–Kier alpha value is -1.36. The number of hydrogen-bond acceptors (Lipinski definition) is 5. The minimum absolute atomic E-state index is 0.125. The van der Waals surface area contributed by atoms with Gasteiger partial charge in [0.25, 0.3) is 0 Å². The summed E-state index contributed by atoms with van der Waals surface area (Å²) < 4.78 is 9.83. The van der Waals surface area contributed by atoms with Gasteiger partial charge in [0.15, 0.2) is 0 Å². The van der Waals surface area contributed by atoms with E-state index < -0.39 is 0 Å². The van der Waals surface area contributed by atoms with Gasteiger partial charge in [-0.15, -0.1) is 11.3 Å². The molecule has 0 unspecified atom stereocenters. The fourth-order valence-corrected chi connectivity index (χ4v) is 2.45. The van der Waals surface area contributed by atoms with Crippen LogP contribution in [0.2, 0.25) is 0 Å². The molecule has 1 rings (SSSR count). The SMILES string of the molecule is CCOC(=O)Cc1scc(C)c1C(=O)OCC. The molecule has 4 nitrogen and oxygen atoms in total. The number of esters is 2. The summed E-state index contributed by atoms with van der Waals surface area (Å²) in [6.45, 7) is 6.01. The van der Waals surface area contributed by atoms with E-state index in [1.807, 2.05) is 12.3 Å². The van der Waals surface area contributed by atoms with Gasteiger partial charge in [0.2, 0.25) is 0 Å². The zero-order valence-electron chi connectivity index (χ0n) is 10.2. The van der Waals surface area contributed by atoms with Gasteiger partial charge < -0.3 is 9.47 Å². The van der Waals surface area contributed by atoms with Gasteiger partial charge in [-0.1, -0.05) is 0 Å². The maximum atomic E-state index is 11.7. The second kappa shape index (κ2) is 6.39. The summed E-state index contributed by atoms with van der Waals surface area (Å²) in [4.78, 5) is 23.8. The summed E-state index contributed by atoms with van der Waals surface area (Å²) in [5.74, 6) is -0.689. The number of thiophene rings is 1. The first-order chi connectivity index (χ1) is 8.10. The third kappa shape index (κ3) is 3.56. The lowest BCUT2D eigenvalue weighted by Crippen LogP contribution is -2.12. The smallest absolute Gasteiger partial charge is 0.339 e. The lowest BCUT2D eigenvalue weighted by molar-refractivity contribution is -0.142. The molecule has 1 aromatic heterocycles. The zero-order valence-corrected chi connectivity index (χ0v) is 11.1. The Labute approximate surface area is 105 Å². The van der Waals surface area contributed by atoms with E-state index in [0.29, 0.717) is 23.7 Å². The van der Waals surface area contributed by atoms with Crippen LogP contribution in [-0.4, -0.2) is 25.2 Å². The van der Waals surface area contributed by atoms with Crippen LogP contribution in [0.5, 0.6) is 0 Å². The van der Waals surface area contributed by atoms with Crippen molar-refractivity contribution in [1.29, 1.82) is 0 Å². The van der Waals surface area contributed by atoms with Crippen molar-refractivity contribution < 1.29 is 19.1 Å². The highest BCUT2D eigenvalue weighted by Crippen LogP contribution is 2.23. The summed E-state index contributed by atoms with van der Waals surface area (Å²) >= 11 is 1.38. The Morgan fingerprint density at radius 3 is 2.47 bits per heavy atom. The molecule has 0 amide bonds. The van der Waals surface area contributed by atoms with E-state index in [0.717, 1.165) is 5.56 Å². The molecule has 0 spiro atoms. The molecule has 0 saturated carbocycles. The fraction of sp³-hybridized carbons (Fsp3) is 0.500. The standard InChI is InChI=1S/C12H16O4S/c1-4-15-10(13)6-9-11(8(3)7-17-9)12(14)16-5-2/h7H,4-6H2,1-3H3. The molecule has 1 heterocycles. The first-order valence-corrected chi connectivity index (χ1v) is 6.37. The lowest BCUT2D eigenvalue weighted by Gasteiger charge is -2.05. The molecular weight excluding hydrogens is 240 g/mol. The molecule has 1 aromatic rings. The number of carbonyl (C=O) groups is 2. The van der Waals surface area contributed by atoms with E-state index in [9.17, 15) is 9.59 Å². The minimum atomic E-state index is -0.370. The highest BCUT2D eigenvalue weighted by Gasteiger charge is 2.20. The molecule has 94 valence electrons. The maximum Gasteiger partial charge on any atom is 0.339 e. The van der Waals surface area contributed by atoms with E-state index in [2.05, 4.69) is 0 Å². The third-order valence-electron chi connectivity index (χ3n) is 2.14. The Balaban J connectivity index is 2.86. The lowest BCUT2D eigenvalue weighted by atomic mass is 10.1. The van der Waals surface area contributed by atoms with Gasteiger partial charge in [-0.25, -0.2) is 4.79 Å². The molecule has 0 aromatic carbocycles. The normalized spacial score (nSPS) is 10.1. The molecule has 0 radical (unpaired) electrons. The van der Waals surface area contributed by atoms with Crippen LogP contribution in [0.25, 0.3) is 0 Å². The summed E-state index contributed by atoms with van der Waals surface area (Å²) in [7, 11) is 0. The van der Waals surface area contributed by atoms with Crippen LogP contribution in [0.1, 0.15) is 34.6 Å². The topological polar surface area (TPSA) is 52.6 Å². The van der Waals surface area contributed by atoms with E-state index >= 15 is 0 Å². The summed E-state index contributed by atoms with van der Waals surface area (Å²) in [6.07, 6.45) is 0.125. The molecule has 0 saturated heterocycles. The van der Waals surface area contributed by atoms with Gasteiger partial charge in [0.1, 0.15) is 0 Å². The van der Waals surface area contributed by atoms with Crippen LogP contribution < -0.4 is 0 Å². The number of aryl methyl sites for hydroxylation is 1. The van der Waals surface area contributed by atoms with Gasteiger partial charge in [0, 0.05) is 4.88 Å². The van der Waals surface area contributed by atoms with E-state index in [4.69, 9.17) is 9.47 Å². The van der Waals surface area contributed by atoms with E-state index in [1.165, 1.54) is 11.3 Å². The van der Waals surface area contributed by atoms with Crippen molar-refractivity contribution in [2.24, 2.45) is 0 Å². The molecule has 5 heteroatoms. The Bertz CT molecular complexity index is 409. The van der Waals surface area contributed by atoms with Crippen molar-refractivity contribution in [3.8, 4) is 0 Å². The average molecular weight is 256 g/mol. The number of rotatable bonds is 5. The van der Waals surface area contributed by atoms with Crippen LogP contribution in [0.3, 0.4) is 0 Å². The highest BCUT2D eigenvalue weighted by atomic mass is 32.1. The number of carbonyl (C=O) groups excluding carboxylic acids is 2. The molecule has 17 heavy (non-hydrogen) atoms. The molecule has 0 aliphatic carbocycles. The largest absolute Gasteiger partial charge is 0.466 e. The maximum absolute atomic E-state index is 11.7. The first-order valence-electron chi connectivity index (χ1n) is 5.49. The molecule has 0 fully saturated rings. The summed E-state index contributed by atoms with van der Waals surface area (Å²) in [6, 6.07) is 0. The van der Waals surface area contributed by atoms with Gasteiger partial charge >= 0.3 is 11.9 Å². The van der Waals surface area contributed by atoms with Gasteiger partial charge in [-0.2, -0.15) is 0 Å². The Morgan fingerprint density at radius 1 is 1.24 bits per heavy atom. The van der Waals surface area contributed by atoms with E-state index in [-0.39, 0.29) is 18.4 Å². The van der Waals surface area contributed by atoms with Crippen molar-refractivity contribution in [2.75, 3.05) is 13.2 Å². The van der Waals surface area contributed by atoms with Gasteiger partial charge in [0.05, 0.1) is 25.2 Å². The van der Waals surface area contributed by atoms with Crippen molar-refractivity contribution in [3.05, 3.63) is 21.4 Å².